The fourth-order valence-corrected chi connectivity index (χ4v) is 1.67. The molecular weight excluding hydrogens is 200 g/mol. The lowest BCUT2D eigenvalue weighted by atomic mass is 10.2. The highest BCUT2D eigenvalue weighted by Gasteiger charge is 2.05. The van der Waals surface area contributed by atoms with Gasteiger partial charge in [0.2, 0.25) is 0 Å². The van der Waals surface area contributed by atoms with E-state index in [4.69, 9.17) is 4.42 Å². The Balaban J connectivity index is 1.95. The van der Waals surface area contributed by atoms with Crippen LogP contribution in [0.1, 0.15) is 11.5 Å². The van der Waals surface area contributed by atoms with Crippen molar-refractivity contribution in [3.8, 4) is 0 Å². The van der Waals surface area contributed by atoms with E-state index < -0.39 is 0 Å². The highest BCUT2D eigenvalue weighted by atomic mass is 16.3. The molecule has 2 aromatic heterocycles. The molecule has 0 aliphatic carbocycles. The Kier molecular flexibility index (Phi) is 2.14. The average molecular weight is 210 g/mol. The van der Waals surface area contributed by atoms with Crippen molar-refractivity contribution in [1.29, 1.82) is 0 Å². The molecule has 3 nitrogen and oxygen atoms in total. The van der Waals surface area contributed by atoms with E-state index in [0.29, 0.717) is 6.42 Å². The minimum Gasteiger partial charge on any atom is -0.440 e. The van der Waals surface area contributed by atoms with Gasteiger partial charge in [0.25, 0.3) is 0 Å². The number of pyridine rings is 1. The summed E-state index contributed by atoms with van der Waals surface area (Å²) in [6, 6.07) is 11.7. The summed E-state index contributed by atoms with van der Waals surface area (Å²) < 4.78 is 5.64. The second kappa shape index (κ2) is 3.77. The van der Waals surface area contributed by atoms with Gasteiger partial charge in [-0.2, -0.15) is 0 Å². The van der Waals surface area contributed by atoms with Crippen LogP contribution in [0.25, 0.3) is 11.1 Å². The molecule has 0 aliphatic rings. The van der Waals surface area contributed by atoms with E-state index in [0.717, 1.165) is 22.6 Å². The molecule has 1 aromatic carbocycles. The van der Waals surface area contributed by atoms with Crippen molar-refractivity contribution < 1.29 is 4.42 Å². The van der Waals surface area contributed by atoms with Gasteiger partial charge in [-0.3, -0.25) is 4.98 Å². The van der Waals surface area contributed by atoms with Crippen LogP contribution < -0.4 is 0 Å². The van der Waals surface area contributed by atoms with E-state index in [1.165, 1.54) is 0 Å². The first kappa shape index (κ1) is 9.09. The van der Waals surface area contributed by atoms with Gasteiger partial charge in [-0.1, -0.05) is 12.1 Å². The quantitative estimate of drug-likeness (QED) is 0.652. The lowest BCUT2D eigenvalue weighted by Gasteiger charge is -1.94. The summed E-state index contributed by atoms with van der Waals surface area (Å²) in [6.45, 7) is 0. The lowest BCUT2D eigenvalue weighted by Crippen LogP contribution is -1.87. The van der Waals surface area contributed by atoms with Crippen LogP contribution in [-0.4, -0.2) is 9.97 Å². The molecule has 0 spiro atoms. The second-order valence-electron chi connectivity index (χ2n) is 3.61. The normalized spacial score (nSPS) is 10.8. The van der Waals surface area contributed by atoms with Crippen molar-refractivity contribution in [2.45, 2.75) is 6.42 Å². The third-order valence-electron chi connectivity index (χ3n) is 2.44. The minimum absolute atomic E-state index is 0.706. The van der Waals surface area contributed by atoms with E-state index in [2.05, 4.69) is 9.97 Å². The van der Waals surface area contributed by atoms with Crippen LogP contribution in [-0.2, 0) is 6.42 Å². The zero-order chi connectivity index (χ0) is 10.8. The van der Waals surface area contributed by atoms with Gasteiger partial charge in [-0.15, -0.1) is 0 Å². The number of oxazole rings is 1. The standard InChI is InChI=1S/C13H10N2O/c1-2-4-12-11(3-1)15-13(16-12)9-10-5-7-14-8-6-10/h1-8H,9H2. The lowest BCUT2D eigenvalue weighted by molar-refractivity contribution is 0.544. The molecule has 0 saturated heterocycles. The molecule has 0 aliphatic heterocycles. The van der Waals surface area contributed by atoms with Gasteiger partial charge in [0.15, 0.2) is 11.5 Å². The van der Waals surface area contributed by atoms with Gasteiger partial charge in [0.05, 0.1) is 0 Å². The van der Waals surface area contributed by atoms with Crippen LogP contribution in [0, 0.1) is 0 Å². The number of rotatable bonds is 2. The maximum atomic E-state index is 5.64. The van der Waals surface area contributed by atoms with Crippen molar-refractivity contribution >= 4 is 11.1 Å². The Bertz CT molecular complexity index is 568. The van der Waals surface area contributed by atoms with Crippen LogP contribution in [0.15, 0.2) is 53.2 Å². The van der Waals surface area contributed by atoms with Crippen LogP contribution in [0.3, 0.4) is 0 Å². The Morgan fingerprint density at radius 1 is 1.00 bits per heavy atom. The molecule has 0 fully saturated rings. The fourth-order valence-electron chi connectivity index (χ4n) is 1.67. The van der Waals surface area contributed by atoms with Crippen LogP contribution in [0.4, 0.5) is 0 Å². The van der Waals surface area contributed by atoms with Crippen molar-refractivity contribution in [1.82, 2.24) is 9.97 Å². The second-order valence-corrected chi connectivity index (χ2v) is 3.61. The van der Waals surface area contributed by atoms with Crippen LogP contribution >= 0.6 is 0 Å². The topological polar surface area (TPSA) is 38.9 Å². The number of nitrogens with zero attached hydrogens (tertiary/aromatic N) is 2. The van der Waals surface area contributed by atoms with E-state index in [-0.39, 0.29) is 0 Å². The first-order valence-corrected chi connectivity index (χ1v) is 5.15. The van der Waals surface area contributed by atoms with Gasteiger partial charge < -0.3 is 4.42 Å². The first-order chi connectivity index (χ1) is 7.92. The van der Waals surface area contributed by atoms with Crippen LogP contribution in [0.5, 0.6) is 0 Å². The van der Waals surface area contributed by atoms with Gasteiger partial charge in [-0.05, 0) is 29.8 Å². The Hall–Kier alpha value is -2.16. The number of para-hydroxylation sites is 2. The monoisotopic (exact) mass is 210 g/mol. The molecule has 3 heteroatoms. The molecule has 3 aromatic rings. The molecule has 0 atom stereocenters. The predicted octanol–water partition coefficient (Wildman–Crippen LogP) is 2.81. The smallest absolute Gasteiger partial charge is 0.199 e. The Labute approximate surface area is 92.8 Å². The Morgan fingerprint density at radius 2 is 1.81 bits per heavy atom. The summed E-state index contributed by atoms with van der Waals surface area (Å²) in [5.74, 6) is 0.743. The van der Waals surface area contributed by atoms with Gasteiger partial charge >= 0.3 is 0 Å². The number of aromatic nitrogens is 2. The summed E-state index contributed by atoms with van der Waals surface area (Å²) in [6.07, 6.45) is 4.26. The van der Waals surface area contributed by atoms with Gasteiger partial charge in [-0.25, -0.2) is 4.98 Å². The third-order valence-corrected chi connectivity index (χ3v) is 2.44. The number of fused-ring (bicyclic) bond motifs is 1. The molecule has 0 radical (unpaired) electrons. The molecule has 0 bridgehead atoms. The summed E-state index contributed by atoms with van der Waals surface area (Å²) in [5, 5.41) is 0. The number of hydrogen-bond acceptors (Lipinski definition) is 3. The number of hydrogen-bond donors (Lipinski definition) is 0. The molecule has 0 unspecified atom stereocenters. The number of benzene rings is 1. The summed E-state index contributed by atoms with van der Waals surface area (Å²) >= 11 is 0. The highest BCUT2D eigenvalue weighted by Crippen LogP contribution is 2.16. The molecule has 16 heavy (non-hydrogen) atoms. The van der Waals surface area contributed by atoms with Gasteiger partial charge in [0, 0.05) is 18.8 Å². The van der Waals surface area contributed by atoms with E-state index in [9.17, 15) is 0 Å². The maximum absolute atomic E-state index is 5.64. The summed E-state index contributed by atoms with van der Waals surface area (Å²) in [7, 11) is 0. The molecular formula is C13H10N2O. The van der Waals surface area contributed by atoms with Gasteiger partial charge in [0.1, 0.15) is 5.52 Å². The maximum Gasteiger partial charge on any atom is 0.199 e. The molecule has 2 heterocycles. The highest BCUT2D eigenvalue weighted by molar-refractivity contribution is 5.72. The van der Waals surface area contributed by atoms with Crippen molar-refractivity contribution in [3.63, 3.8) is 0 Å². The zero-order valence-corrected chi connectivity index (χ0v) is 8.63. The van der Waals surface area contributed by atoms with Crippen molar-refractivity contribution in [2.75, 3.05) is 0 Å². The van der Waals surface area contributed by atoms with E-state index in [1.54, 1.807) is 12.4 Å². The van der Waals surface area contributed by atoms with E-state index >= 15 is 0 Å². The van der Waals surface area contributed by atoms with E-state index in [1.807, 2.05) is 36.4 Å². The third kappa shape index (κ3) is 1.67. The average Bonchev–Trinajstić information content (AvgIpc) is 2.72. The zero-order valence-electron chi connectivity index (χ0n) is 8.63. The molecule has 0 saturated carbocycles. The Morgan fingerprint density at radius 3 is 2.62 bits per heavy atom. The summed E-state index contributed by atoms with van der Waals surface area (Å²) in [5.41, 5.74) is 2.90. The molecule has 0 N–H and O–H groups in total. The minimum atomic E-state index is 0.706. The summed E-state index contributed by atoms with van der Waals surface area (Å²) in [4.78, 5) is 8.40. The van der Waals surface area contributed by atoms with Crippen molar-refractivity contribution in [2.24, 2.45) is 0 Å². The molecule has 0 amide bonds. The predicted molar refractivity (Wildman–Crippen MR) is 61.1 cm³/mol. The molecule has 3 rings (SSSR count). The first-order valence-electron chi connectivity index (χ1n) is 5.15. The molecule has 78 valence electrons. The van der Waals surface area contributed by atoms with Crippen LogP contribution in [0.2, 0.25) is 0 Å². The fraction of sp³-hybridized carbons (Fsp3) is 0.0769. The van der Waals surface area contributed by atoms with Crippen molar-refractivity contribution in [3.05, 3.63) is 60.2 Å². The SMILES string of the molecule is c1ccc2oc(Cc3ccncc3)nc2c1. The largest absolute Gasteiger partial charge is 0.440 e.